The molecule has 1 aliphatic rings. The molecule has 3 aromatic heterocycles. The highest BCUT2D eigenvalue weighted by Gasteiger charge is 2.31. The maximum Gasteiger partial charge on any atom is 0.407 e. The summed E-state index contributed by atoms with van der Waals surface area (Å²) >= 11 is 6.29. The molecule has 2 N–H and O–H groups in total. The molecule has 1 aromatic carbocycles. The number of pyridine rings is 2. The number of hydrogen-bond acceptors (Lipinski definition) is 7. The van der Waals surface area contributed by atoms with Crippen LogP contribution in [-0.4, -0.2) is 73.0 Å². The van der Waals surface area contributed by atoms with Gasteiger partial charge in [-0.25, -0.2) is 27.9 Å². The standard InChI is InChI=1S/C29H29ClF2N6O4/c1-15(2)23-25(17(8-12-39)7-9-33-23)38-27-18(13-21(32)24(34-27)22-19(30)5-4-6-20(22)31)26(35-28(38)40)37-11-10-36(29(41)42)14-16(37)3/h4-7,9,13,15-16,39H,8,10-12,14H2,1-3H3,(H,41,42). The Morgan fingerprint density at radius 1 is 1.17 bits per heavy atom. The number of amides is 1. The first-order chi connectivity index (χ1) is 20.0. The highest BCUT2D eigenvalue weighted by Crippen LogP contribution is 2.36. The van der Waals surface area contributed by atoms with Crippen molar-refractivity contribution in [2.75, 3.05) is 31.1 Å². The summed E-state index contributed by atoms with van der Waals surface area (Å²) in [4.78, 5) is 41.9. The van der Waals surface area contributed by atoms with Crippen molar-refractivity contribution in [2.45, 2.75) is 39.2 Å². The van der Waals surface area contributed by atoms with E-state index in [0.29, 0.717) is 16.9 Å². The lowest BCUT2D eigenvalue weighted by atomic mass is 10.0. The van der Waals surface area contributed by atoms with Gasteiger partial charge in [0.1, 0.15) is 17.3 Å². The summed E-state index contributed by atoms with van der Waals surface area (Å²) in [5, 5.41) is 19.4. The number of carboxylic acid groups (broad SMARTS) is 1. The Kier molecular flexibility index (Phi) is 8.11. The number of piperazine rings is 1. The average Bonchev–Trinajstić information content (AvgIpc) is 2.93. The normalized spacial score (nSPS) is 15.6. The van der Waals surface area contributed by atoms with Gasteiger partial charge in [-0.15, -0.1) is 0 Å². The van der Waals surface area contributed by atoms with Crippen LogP contribution in [0.15, 0.2) is 41.3 Å². The van der Waals surface area contributed by atoms with E-state index in [0.717, 1.165) is 12.1 Å². The molecule has 4 aromatic rings. The van der Waals surface area contributed by atoms with E-state index in [2.05, 4.69) is 15.0 Å². The van der Waals surface area contributed by atoms with E-state index >= 15 is 8.78 Å². The third-order valence-electron chi connectivity index (χ3n) is 7.36. The molecule has 42 heavy (non-hydrogen) atoms. The highest BCUT2D eigenvalue weighted by atomic mass is 35.5. The molecule has 0 aliphatic carbocycles. The molecule has 0 radical (unpaired) electrons. The fourth-order valence-corrected chi connectivity index (χ4v) is 5.64. The van der Waals surface area contributed by atoms with Crippen LogP contribution < -0.4 is 10.6 Å². The van der Waals surface area contributed by atoms with Crippen LogP contribution >= 0.6 is 11.6 Å². The van der Waals surface area contributed by atoms with Crippen molar-refractivity contribution in [3.8, 4) is 16.9 Å². The molecule has 10 nitrogen and oxygen atoms in total. The summed E-state index contributed by atoms with van der Waals surface area (Å²) in [5.74, 6) is -1.71. The molecule has 0 saturated carbocycles. The largest absolute Gasteiger partial charge is 0.465 e. The van der Waals surface area contributed by atoms with E-state index in [1.807, 2.05) is 13.8 Å². The van der Waals surface area contributed by atoms with Gasteiger partial charge in [-0.1, -0.05) is 31.5 Å². The molecule has 13 heteroatoms. The number of benzene rings is 1. The van der Waals surface area contributed by atoms with Crippen molar-refractivity contribution in [2.24, 2.45) is 0 Å². The number of aliphatic hydroxyl groups excluding tert-OH is 1. The number of hydrogen-bond donors (Lipinski definition) is 2. The molecule has 5 rings (SSSR count). The lowest BCUT2D eigenvalue weighted by Crippen LogP contribution is -2.54. The van der Waals surface area contributed by atoms with Crippen LogP contribution in [0.25, 0.3) is 28.0 Å². The Labute approximate surface area is 244 Å². The Balaban J connectivity index is 1.87. The summed E-state index contributed by atoms with van der Waals surface area (Å²) in [6.45, 7) is 5.84. The number of aliphatic hydroxyl groups is 1. The van der Waals surface area contributed by atoms with E-state index in [9.17, 15) is 19.8 Å². The van der Waals surface area contributed by atoms with Gasteiger partial charge in [-0.2, -0.15) is 4.98 Å². The molecule has 1 amide bonds. The topological polar surface area (TPSA) is 125 Å². The van der Waals surface area contributed by atoms with Gasteiger partial charge in [0.05, 0.1) is 27.4 Å². The van der Waals surface area contributed by atoms with Crippen LogP contribution in [0.1, 0.15) is 37.9 Å². The first kappa shape index (κ1) is 29.3. The van der Waals surface area contributed by atoms with Crippen LogP contribution in [0, 0.1) is 11.6 Å². The average molecular weight is 599 g/mol. The molecule has 1 unspecified atom stereocenters. The van der Waals surface area contributed by atoms with Gasteiger partial charge in [0, 0.05) is 38.5 Å². The van der Waals surface area contributed by atoms with Crippen molar-refractivity contribution in [1.82, 2.24) is 24.4 Å². The van der Waals surface area contributed by atoms with Gasteiger partial charge in [-0.05, 0) is 49.1 Å². The van der Waals surface area contributed by atoms with Crippen molar-refractivity contribution in [3.05, 3.63) is 74.9 Å². The first-order valence-electron chi connectivity index (χ1n) is 13.4. The number of halogens is 3. The highest BCUT2D eigenvalue weighted by molar-refractivity contribution is 6.33. The molecular weight excluding hydrogens is 570 g/mol. The van der Waals surface area contributed by atoms with Crippen LogP contribution in [0.2, 0.25) is 5.02 Å². The zero-order valence-corrected chi connectivity index (χ0v) is 23.9. The molecule has 4 heterocycles. The molecule has 220 valence electrons. The third-order valence-corrected chi connectivity index (χ3v) is 7.67. The zero-order valence-electron chi connectivity index (χ0n) is 23.2. The lowest BCUT2D eigenvalue weighted by Gasteiger charge is -2.39. The number of rotatable bonds is 6. The van der Waals surface area contributed by atoms with Crippen molar-refractivity contribution in [3.63, 3.8) is 0 Å². The van der Waals surface area contributed by atoms with Crippen molar-refractivity contribution in [1.29, 1.82) is 0 Å². The van der Waals surface area contributed by atoms with Crippen LogP contribution in [-0.2, 0) is 6.42 Å². The van der Waals surface area contributed by atoms with Gasteiger partial charge >= 0.3 is 11.8 Å². The maximum atomic E-state index is 15.9. The zero-order chi connectivity index (χ0) is 30.3. The first-order valence-corrected chi connectivity index (χ1v) is 13.8. The molecule has 0 bridgehead atoms. The monoisotopic (exact) mass is 598 g/mol. The predicted molar refractivity (Wildman–Crippen MR) is 155 cm³/mol. The summed E-state index contributed by atoms with van der Waals surface area (Å²) in [6, 6.07) is 6.36. The minimum Gasteiger partial charge on any atom is -0.465 e. The molecule has 1 saturated heterocycles. The second kappa shape index (κ2) is 11.6. The Hall–Kier alpha value is -4.16. The SMILES string of the molecule is CC(C)c1nccc(CCO)c1-n1c(=O)nc(N2CCN(C(=O)O)CC2C)c2cc(F)c(-c3c(F)cccc3Cl)nc21. The van der Waals surface area contributed by atoms with Gasteiger partial charge < -0.3 is 20.0 Å². The molecule has 1 atom stereocenters. The summed E-state index contributed by atoms with van der Waals surface area (Å²) in [7, 11) is 0. The molecule has 1 fully saturated rings. The van der Waals surface area contributed by atoms with Crippen LogP contribution in [0.4, 0.5) is 19.4 Å². The Morgan fingerprint density at radius 3 is 2.57 bits per heavy atom. The summed E-state index contributed by atoms with van der Waals surface area (Å²) < 4.78 is 32.1. The second-order valence-electron chi connectivity index (χ2n) is 10.4. The van der Waals surface area contributed by atoms with E-state index in [4.69, 9.17) is 11.6 Å². The quantitative estimate of drug-likeness (QED) is 0.329. The fourth-order valence-electron chi connectivity index (χ4n) is 5.39. The lowest BCUT2D eigenvalue weighted by molar-refractivity contribution is 0.136. The van der Waals surface area contributed by atoms with Crippen molar-refractivity contribution >= 4 is 34.5 Å². The van der Waals surface area contributed by atoms with Crippen molar-refractivity contribution < 1.29 is 23.8 Å². The maximum absolute atomic E-state index is 15.9. The Morgan fingerprint density at radius 2 is 1.93 bits per heavy atom. The number of carbonyl (C=O) groups is 1. The van der Waals surface area contributed by atoms with Gasteiger partial charge in [-0.3, -0.25) is 4.98 Å². The number of anilines is 1. The summed E-state index contributed by atoms with van der Waals surface area (Å²) in [5.41, 5.74) is 0.0625. The van der Waals surface area contributed by atoms with Gasteiger partial charge in [0.2, 0.25) is 0 Å². The molecule has 0 spiro atoms. The second-order valence-corrected chi connectivity index (χ2v) is 10.9. The minimum atomic E-state index is -1.07. The molecular formula is C29H29ClF2N6O4. The van der Waals surface area contributed by atoms with Gasteiger partial charge in [0.15, 0.2) is 11.5 Å². The van der Waals surface area contributed by atoms with E-state index < -0.39 is 35.2 Å². The smallest absolute Gasteiger partial charge is 0.407 e. The van der Waals surface area contributed by atoms with Crippen LogP contribution in [0.3, 0.4) is 0 Å². The van der Waals surface area contributed by atoms with Gasteiger partial charge in [0.25, 0.3) is 0 Å². The number of fused-ring (bicyclic) bond motifs is 1. The van der Waals surface area contributed by atoms with E-state index in [1.165, 1.54) is 21.6 Å². The number of aromatic nitrogens is 4. The van der Waals surface area contributed by atoms with Crippen LogP contribution in [0.5, 0.6) is 0 Å². The van der Waals surface area contributed by atoms with E-state index in [1.54, 1.807) is 24.1 Å². The summed E-state index contributed by atoms with van der Waals surface area (Å²) in [6.07, 6.45) is 0.706. The predicted octanol–water partition coefficient (Wildman–Crippen LogP) is 4.62. The number of nitrogens with zero attached hydrogens (tertiary/aromatic N) is 6. The minimum absolute atomic E-state index is 0.0114. The third kappa shape index (κ3) is 5.16. The molecule has 1 aliphatic heterocycles. The Bertz CT molecular complexity index is 1730. The fraction of sp³-hybridized carbons (Fsp3) is 0.345. The van der Waals surface area contributed by atoms with E-state index in [-0.39, 0.29) is 66.0 Å².